The summed E-state index contributed by atoms with van der Waals surface area (Å²) in [5.41, 5.74) is 2.96. The van der Waals surface area contributed by atoms with Gasteiger partial charge in [0, 0.05) is 50.1 Å². The van der Waals surface area contributed by atoms with Gasteiger partial charge in [-0.25, -0.2) is 0 Å². The first kappa shape index (κ1) is 24.9. The van der Waals surface area contributed by atoms with Crippen molar-refractivity contribution < 1.29 is 14.5 Å². The van der Waals surface area contributed by atoms with Gasteiger partial charge < -0.3 is 4.90 Å². The summed E-state index contributed by atoms with van der Waals surface area (Å²) >= 11 is 6.14. The van der Waals surface area contributed by atoms with Crippen molar-refractivity contribution in [3.05, 3.63) is 99.1 Å². The van der Waals surface area contributed by atoms with E-state index < -0.39 is 4.92 Å². The highest BCUT2D eigenvalue weighted by Gasteiger charge is 2.32. The fourth-order valence-corrected chi connectivity index (χ4v) is 5.35. The molecule has 0 aliphatic carbocycles. The van der Waals surface area contributed by atoms with E-state index in [0.717, 1.165) is 10.5 Å². The highest BCUT2D eigenvalue weighted by Crippen LogP contribution is 2.36. The summed E-state index contributed by atoms with van der Waals surface area (Å²) < 4.78 is 0. The summed E-state index contributed by atoms with van der Waals surface area (Å²) in [6.45, 7) is 2.59. The summed E-state index contributed by atoms with van der Waals surface area (Å²) in [6.07, 6.45) is 1.04. The van der Waals surface area contributed by atoms with Crippen LogP contribution < -0.4 is 9.80 Å². The van der Waals surface area contributed by atoms with E-state index in [1.807, 2.05) is 47.4 Å². The lowest BCUT2D eigenvalue weighted by Gasteiger charge is -2.40. The molecule has 2 heterocycles. The van der Waals surface area contributed by atoms with Crippen LogP contribution in [0.3, 0.4) is 0 Å². The molecule has 0 N–H and O–H groups in total. The number of benzene rings is 3. The lowest BCUT2D eigenvalue weighted by atomic mass is 9.96. The third-order valence-corrected chi connectivity index (χ3v) is 7.27. The zero-order chi connectivity index (χ0) is 25.9. The first-order chi connectivity index (χ1) is 17.9. The van der Waals surface area contributed by atoms with Gasteiger partial charge in [0.25, 0.3) is 5.69 Å². The first-order valence-electron chi connectivity index (χ1n) is 12.4. The minimum atomic E-state index is -0.440. The molecule has 0 spiro atoms. The number of piperidine rings is 1. The Labute approximate surface area is 220 Å². The highest BCUT2D eigenvalue weighted by molar-refractivity contribution is 6.30. The normalized spacial score (nSPS) is 17.6. The number of carbonyl (C=O) groups excluding carboxylic acids is 2. The number of halogens is 1. The van der Waals surface area contributed by atoms with Crippen molar-refractivity contribution in [1.82, 2.24) is 4.90 Å². The van der Waals surface area contributed by atoms with Gasteiger partial charge in [-0.3, -0.25) is 29.5 Å². The number of carbonyl (C=O) groups is 2. The molecule has 2 fully saturated rings. The van der Waals surface area contributed by atoms with Crippen molar-refractivity contribution in [3.8, 4) is 0 Å². The Morgan fingerprint density at radius 2 is 1.43 bits per heavy atom. The number of imide groups is 1. The van der Waals surface area contributed by atoms with E-state index in [2.05, 4.69) is 17.0 Å². The predicted octanol–water partition coefficient (Wildman–Crippen LogP) is 5.20. The lowest BCUT2D eigenvalue weighted by Crippen LogP contribution is -2.48. The van der Waals surface area contributed by atoms with Crippen molar-refractivity contribution in [2.75, 3.05) is 36.0 Å². The quantitative estimate of drug-likeness (QED) is 0.253. The van der Waals surface area contributed by atoms with E-state index in [4.69, 9.17) is 11.6 Å². The molecule has 5 rings (SSSR count). The zero-order valence-corrected chi connectivity index (χ0v) is 21.0. The van der Waals surface area contributed by atoms with E-state index in [0.29, 0.717) is 43.3 Å². The van der Waals surface area contributed by atoms with Crippen LogP contribution in [0.25, 0.3) is 0 Å². The molecular weight excluding hydrogens is 492 g/mol. The van der Waals surface area contributed by atoms with Gasteiger partial charge in [0.15, 0.2) is 0 Å². The molecule has 3 aromatic rings. The van der Waals surface area contributed by atoms with Gasteiger partial charge in [-0.15, -0.1) is 0 Å². The molecule has 0 radical (unpaired) electrons. The maximum atomic E-state index is 12.3. The molecule has 9 heteroatoms. The second-order valence-corrected chi connectivity index (χ2v) is 9.73. The summed E-state index contributed by atoms with van der Waals surface area (Å²) in [4.78, 5) is 41.7. The summed E-state index contributed by atoms with van der Waals surface area (Å²) in [5.74, 6) is -0.637. The molecule has 3 aromatic carbocycles. The van der Waals surface area contributed by atoms with Crippen molar-refractivity contribution in [3.63, 3.8) is 0 Å². The van der Waals surface area contributed by atoms with Crippen LogP contribution in [0, 0.1) is 10.1 Å². The number of nitro groups is 1. The fourth-order valence-electron chi connectivity index (χ4n) is 5.22. The summed E-state index contributed by atoms with van der Waals surface area (Å²) in [5, 5.41) is 12.7. The van der Waals surface area contributed by atoms with Crippen LogP contribution in [0.15, 0.2) is 72.8 Å². The van der Waals surface area contributed by atoms with Crippen molar-refractivity contribution >= 4 is 40.5 Å². The van der Waals surface area contributed by atoms with E-state index >= 15 is 0 Å². The average molecular weight is 519 g/mol. The molecule has 37 heavy (non-hydrogen) atoms. The van der Waals surface area contributed by atoms with Gasteiger partial charge in [0.1, 0.15) is 5.69 Å². The second kappa shape index (κ2) is 10.7. The molecule has 190 valence electrons. The van der Waals surface area contributed by atoms with E-state index in [1.165, 1.54) is 11.6 Å². The largest absolute Gasteiger partial charge is 0.363 e. The Bertz CT molecular complexity index is 1290. The molecule has 1 unspecified atom stereocenters. The van der Waals surface area contributed by atoms with Crippen LogP contribution in [0.2, 0.25) is 5.02 Å². The monoisotopic (exact) mass is 518 g/mol. The van der Waals surface area contributed by atoms with Gasteiger partial charge in [-0.05, 0) is 41.8 Å². The van der Waals surface area contributed by atoms with E-state index in [1.54, 1.807) is 12.1 Å². The maximum Gasteiger partial charge on any atom is 0.294 e. The third kappa shape index (κ3) is 5.21. The van der Waals surface area contributed by atoms with Crippen molar-refractivity contribution in [1.29, 1.82) is 0 Å². The number of rotatable bonds is 6. The van der Waals surface area contributed by atoms with Crippen LogP contribution >= 0.6 is 11.6 Å². The topological polar surface area (TPSA) is 87.0 Å². The Morgan fingerprint density at radius 3 is 2.05 bits per heavy atom. The van der Waals surface area contributed by atoms with Crippen LogP contribution in [-0.2, 0) is 9.59 Å². The molecule has 2 saturated heterocycles. The second-order valence-electron chi connectivity index (χ2n) is 9.29. The van der Waals surface area contributed by atoms with Crippen molar-refractivity contribution in [2.24, 2.45) is 0 Å². The Kier molecular flexibility index (Phi) is 7.21. The third-order valence-electron chi connectivity index (χ3n) is 7.02. The maximum absolute atomic E-state index is 12.3. The molecule has 2 amide bonds. The molecule has 1 atom stereocenters. The van der Waals surface area contributed by atoms with Gasteiger partial charge in [-0.1, -0.05) is 54.1 Å². The fraction of sp³-hybridized carbons (Fsp3) is 0.286. The standard InChI is InChI=1S/C28H27ClN4O4/c29-22-11-9-21(10-12-22)28(20-5-2-1-3-6-20)31-17-15-30(16-18-31)24-14-13-23(19-25(24)33(36)37)32-26(34)7-4-8-27(32)35/h1-3,5-6,9-14,19,28H,4,7-8,15-18H2. The molecule has 0 aromatic heterocycles. The molecule has 2 aliphatic heterocycles. The summed E-state index contributed by atoms with van der Waals surface area (Å²) in [6, 6.07) is 22.8. The molecule has 0 bridgehead atoms. The van der Waals surface area contributed by atoms with E-state index in [-0.39, 0.29) is 42.1 Å². The number of piperazine rings is 1. The van der Waals surface area contributed by atoms with Crippen LogP contribution in [-0.4, -0.2) is 47.8 Å². The zero-order valence-electron chi connectivity index (χ0n) is 20.3. The highest BCUT2D eigenvalue weighted by atomic mass is 35.5. The van der Waals surface area contributed by atoms with Crippen molar-refractivity contribution in [2.45, 2.75) is 25.3 Å². The lowest BCUT2D eigenvalue weighted by molar-refractivity contribution is -0.384. The predicted molar refractivity (Wildman–Crippen MR) is 143 cm³/mol. The minimum absolute atomic E-state index is 0.0362. The number of anilines is 2. The van der Waals surface area contributed by atoms with Crippen LogP contribution in [0.5, 0.6) is 0 Å². The number of hydrogen-bond acceptors (Lipinski definition) is 6. The van der Waals surface area contributed by atoms with Crippen LogP contribution in [0.1, 0.15) is 36.4 Å². The molecular formula is C28H27ClN4O4. The first-order valence-corrected chi connectivity index (χ1v) is 12.7. The smallest absolute Gasteiger partial charge is 0.294 e. The van der Waals surface area contributed by atoms with Gasteiger partial charge in [0.05, 0.1) is 16.7 Å². The van der Waals surface area contributed by atoms with Crippen LogP contribution in [0.4, 0.5) is 17.1 Å². The Hall–Kier alpha value is -3.75. The Morgan fingerprint density at radius 1 is 0.811 bits per heavy atom. The average Bonchev–Trinajstić information content (AvgIpc) is 2.91. The SMILES string of the molecule is O=C1CCCC(=O)N1c1ccc(N2CCN(C(c3ccccc3)c3ccc(Cl)cc3)CC2)c([N+](=O)[O-])c1. The molecule has 2 aliphatic rings. The number of amides is 2. The van der Waals surface area contributed by atoms with E-state index in [9.17, 15) is 19.7 Å². The van der Waals surface area contributed by atoms with Gasteiger partial charge >= 0.3 is 0 Å². The molecule has 0 saturated carbocycles. The van der Waals surface area contributed by atoms with Gasteiger partial charge in [-0.2, -0.15) is 0 Å². The van der Waals surface area contributed by atoms with Gasteiger partial charge in [0.2, 0.25) is 11.8 Å². The number of nitrogens with zero attached hydrogens (tertiary/aromatic N) is 4. The number of hydrogen-bond donors (Lipinski definition) is 0. The summed E-state index contributed by atoms with van der Waals surface area (Å²) in [7, 11) is 0. The Balaban J connectivity index is 1.38. The molecule has 8 nitrogen and oxygen atoms in total. The minimum Gasteiger partial charge on any atom is -0.363 e. The number of nitro benzene ring substituents is 1.